The topological polar surface area (TPSA) is 30.9 Å². The Balaban J connectivity index is 2.01. The van der Waals surface area contributed by atoms with E-state index in [2.05, 4.69) is 35.0 Å². The summed E-state index contributed by atoms with van der Waals surface area (Å²) in [7, 11) is 0. The fraction of sp³-hybridized carbons (Fsp3) is 0.176. The number of rotatable bonds is 3. The van der Waals surface area contributed by atoms with Crippen molar-refractivity contribution in [2.24, 2.45) is 5.73 Å². The van der Waals surface area contributed by atoms with Crippen molar-refractivity contribution in [1.82, 2.24) is 4.57 Å². The molecule has 0 unspecified atom stereocenters. The molecule has 0 fully saturated rings. The first-order valence-electron chi connectivity index (χ1n) is 6.70. The van der Waals surface area contributed by atoms with Crippen LogP contribution < -0.4 is 5.73 Å². The van der Waals surface area contributed by atoms with Gasteiger partial charge in [-0.3, -0.25) is 0 Å². The standard InChI is InChI=1S/C17H17FN2/c1-12-8-16(18)5-4-15(12)11-20-7-6-14-3-2-13(10-19)9-17(14)20/h2-9H,10-11,19H2,1H3. The number of aromatic nitrogens is 1. The van der Waals surface area contributed by atoms with Crippen molar-refractivity contribution in [2.45, 2.75) is 20.0 Å². The number of halogens is 1. The molecule has 0 aliphatic rings. The second kappa shape index (κ2) is 5.10. The van der Waals surface area contributed by atoms with Crippen LogP contribution in [-0.2, 0) is 13.1 Å². The number of fused-ring (bicyclic) bond motifs is 1. The van der Waals surface area contributed by atoms with Crippen molar-refractivity contribution in [3.05, 3.63) is 71.2 Å². The molecule has 1 aromatic heterocycles. The fourth-order valence-corrected chi connectivity index (χ4v) is 2.51. The first kappa shape index (κ1) is 12.9. The lowest BCUT2D eigenvalue weighted by molar-refractivity contribution is 0.625. The molecule has 0 radical (unpaired) electrons. The van der Waals surface area contributed by atoms with Crippen molar-refractivity contribution in [3.63, 3.8) is 0 Å². The Kier molecular flexibility index (Phi) is 3.28. The molecule has 0 aliphatic heterocycles. The summed E-state index contributed by atoms with van der Waals surface area (Å²) in [6.07, 6.45) is 2.06. The van der Waals surface area contributed by atoms with Crippen LogP contribution in [-0.4, -0.2) is 4.57 Å². The van der Waals surface area contributed by atoms with Gasteiger partial charge in [0.05, 0.1) is 0 Å². The molecule has 0 spiro atoms. The first-order valence-corrected chi connectivity index (χ1v) is 6.70. The molecule has 0 saturated carbocycles. The lowest BCUT2D eigenvalue weighted by Gasteiger charge is -2.09. The average molecular weight is 268 g/mol. The molecule has 0 aliphatic carbocycles. The second-order valence-corrected chi connectivity index (χ2v) is 5.11. The molecule has 3 rings (SSSR count). The van der Waals surface area contributed by atoms with Crippen molar-refractivity contribution in [1.29, 1.82) is 0 Å². The van der Waals surface area contributed by atoms with Crippen LogP contribution in [0, 0.1) is 12.7 Å². The van der Waals surface area contributed by atoms with Gasteiger partial charge in [-0.05, 0) is 53.3 Å². The summed E-state index contributed by atoms with van der Waals surface area (Å²) >= 11 is 0. The maximum Gasteiger partial charge on any atom is 0.123 e. The van der Waals surface area contributed by atoms with Gasteiger partial charge in [0.15, 0.2) is 0 Å². The number of aryl methyl sites for hydroxylation is 1. The van der Waals surface area contributed by atoms with Crippen LogP contribution in [0.2, 0.25) is 0 Å². The Hall–Kier alpha value is -2.13. The van der Waals surface area contributed by atoms with Gasteiger partial charge in [0.2, 0.25) is 0 Å². The van der Waals surface area contributed by atoms with Crippen molar-refractivity contribution >= 4 is 10.9 Å². The summed E-state index contributed by atoms with van der Waals surface area (Å²) in [5.74, 6) is -0.186. The zero-order chi connectivity index (χ0) is 14.1. The molecule has 20 heavy (non-hydrogen) atoms. The lowest BCUT2D eigenvalue weighted by atomic mass is 10.1. The summed E-state index contributed by atoms with van der Waals surface area (Å²) in [4.78, 5) is 0. The number of benzene rings is 2. The van der Waals surface area contributed by atoms with E-state index in [-0.39, 0.29) is 5.82 Å². The van der Waals surface area contributed by atoms with E-state index in [1.807, 2.05) is 13.0 Å². The van der Waals surface area contributed by atoms with Crippen molar-refractivity contribution < 1.29 is 4.39 Å². The molecule has 0 bridgehead atoms. The Morgan fingerprint density at radius 2 is 1.95 bits per heavy atom. The van der Waals surface area contributed by atoms with Crippen LogP contribution in [0.4, 0.5) is 4.39 Å². The van der Waals surface area contributed by atoms with Crippen LogP contribution in [0.25, 0.3) is 10.9 Å². The molecule has 2 nitrogen and oxygen atoms in total. The van der Waals surface area contributed by atoms with Crippen LogP contribution in [0.1, 0.15) is 16.7 Å². The Labute approximate surface area is 117 Å². The zero-order valence-electron chi connectivity index (χ0n) is 11.4. The van der Waals surface area contributed by atoms with Gasteiger partial charge in [-0.1, -0.05) is 18.2 Å². The number of hydrogen-bond donors (Lipinski definition) is 1. The SMILES string of the molecule is Cc1cc(F)ccc1Cn1ccc2ccc(CN)cc21. The largest absolute Gasteiger partial charge is 0.343 e. The minimum Gasteiger partial charge on any atom is -0.343 e. The maximum atomic E-state index is 13.2. The van der Waals surface area contributed by atoms with Crippen LogP contribution in [0.5, 0.6) is 0 Å². The Morgan fingerprint density at radius 1 is 1.10 bits per heavy atom. The van der Waals surface area contributed by atoms with Gasteiger partial charge in [-0.25, -0.2) is 4.39 Å². The van der Waals surface area contributed by atoms with Gasteiger partial charge < -0.3 is 10.3 Å². The third-order valence-corrected chi connectivity index (χ3v) is 3.72. The van der Waals surface area contributed by atoms with Gasteiger partial charge in [0.1, 0.15) is 5.82 Å². The summed E-state index contributed by atoms with van der Waals surface area (Å²) in [5, 5.41) is 1.20. The number of nitrogens with zero attached hydrogens (tertiary/aromatic N) is 1. The van der Waals surface area contributed by atoms with E-state index in [0.717, 1.165) is 28.8 Å². The van der Waals surface area contributed by atoms with Crippen molar-refractivity contribution in [2.75, 3.05) is 0 Å². The molecule has 3 heteroatoms. The van der Waals surface area contributed by atoms with E-state index in [4.69, 9.17) is 5.73 Å². The van der Waals surface area contributed by atoms with E-state index in [9.17, 15) is 4.39 Å². The molecule has 2 N–H and O–H groups in total. The van der Waals surface area contributed by atoms with E-state index in [1.165, 1.54) is 11.5 Å². The average Bonchev–Trinajstić information content (AvgIpc) is 2.84. The highest BCUT2D eigenvalue weighted by Crippen LogP contribution is 2.20. The normalized spacial score (nSPS) is 11.2. The lowest BCUT2D eigenvalue weighted by Crippen LogP contribution is -2.01. The van der Waals surface area contributed by atoms with Gasteiger partial charge in [-0.15, -0.1) is 0 Å². The first-order chi connectivity index (χ1) is 9.67. The number of nitrogens with two attached hydrogens (primary N) is 1. The van der Waals surface area contributed by atoms with Gasteiger partial charge in [0, 0.05) is 24.8 Å². The summed E-state index contributed by atoms with van der Waals surface area (Å²) < 4.78 is 15.3. The monoisotopic (exact) mass is 268 g/mol. The summed E-state index contributed by atoms with van der Waals surface area (Å²) in [6.45, 7) is 3.22. The quantitative estimate of drug-likeness (QED) is 0.773. The third kappa shape index (κ3) is 2.32. The maximum absolute atomic E-state index is 13.2. The van der Waals surface area contributed by atoms with Crippen LogP contribution in [0.3, 0.4) is 0 Å². The third-order valence-electron chi connectivity index (χ3n) is 3.72. The summed E-state index contributed by atoms with van der Waals surface area (Å²) in [6, 6.07) is 13.3. The fourth-order valence-electron chi connectivity index (χ4n) is 2.51. The van der Waals surface area contributed by atoms with E-state index in [1.54, 1.807) is 6.07 Å². The molecule has 0 saturated heterocycles. The molecule has 1 heterocycles. The van der Waals surface area contributed by atoms with Crippen LogP contribution in [0.15, 0.2) is 48.7 Å². The van der Waals surface area contributed by atoms with Crippen LogP contribution >= 0.6 is 0 Å². The highest BCUT2D eigenvalue weighted by molar-refractivity contribution is 5.81. The predicted octanol–water partition coefficient (Wildman–Crippen LogP) is 3.60. The molecule has 2 aromatic carbocycles. The van der Waals surface area contributed by atoms with E-state index < -0.39 is 0 Å². The van der Waals surface area contributed by atoms with Gasteiger partial charge in [-0.2, -0.15) is 0 Å². The van der Waals surface area contributed by atoms with Gasteiger partial charge >= 0.3 is 0 Å². The van der Waals surface area contributed by atoms with E-state index >= 15 is 0 Å². The van der Waals surface area contributed by atoms with Crippen molar-refractivity contribution in [3.8, 4) is 0 Å². The second-order valence-electron chi connectivity index (χ2n) is 5.11. The molecule has 0 atom stereocenters. The minimum absolute atomic E-state index is 0.186. The molecule has 0 amide bonds. The molecular formula is C17H17FN2. The smallest absolute Gasteiger partial charge is 0.123 e. The van der Waals surface area contributed by atoms with E-state index in [0.29, 0.717) is 6.54 Å². The highest BCUT2D eigenvalue weighted by atomic mass is 19.1. The number of hydrogen-bond acceptors (Lipinski definition) is 1. The predicted molar refractivity (Wildman–Crippen MR) is 80.1 cm³/mol. The molecule has 3 aromatic rings. The van der Waals surface area contributed by atoms with Gasteiger partial charge in [0.25, 0.3) is 0 Å². The minimum atomic E-state index is -0.186. The highest BCUT2D eigenvalue weighted by Gasteiger charge is 2.05. The molecule has 102 valence electrons. The zero-order valence-corrected chi connectivity index (χ0v) is 11.4. The Bertz CT molecular complexity index is 759. The molecular weight excluding hydrogens is 251 g/mol. The Morgan fingerprint density at radius 3 is 2.70 bits per heavy atom. The summed E-state index contributed by atoms with van der Waals surface area (Å²) in [5.41, 5.74) is 10.1.